The van der Waals surface area contributed by atoms with E-state index in [-0.39, 0.29) is 5.82 Å². The lowest BCUT2D eigenvalue weighted by molar-refractivity contribution is 0.813. The molecule has 0 bridgehead atoms. The molecule has 0 radical (unpaired) electrons. The zero-order valence-electron chi connectivity index (χ0n) is 5.42. The fraction of sp³-hybridized carbons (Fsp3) is 0.200. The van der Waals surface area contributed by atoms with Gasteiger partial charge in [-0.15, -0.1) is 0 Å². The molecule has 1 rings (SSSR count). The summed E-state index contributed by atoms with van der Waals surface area (Å²) in [5, 5.41) is 0. The largest absolute Gasteiger partial charge is 0.385 e. The number of aromatic nitrogens is 2. The van der Waals surface area contributed by atoms with Gasteiger partial charge in [0.05, 0.1) is 0 Å². The summed E-state index contributed by atoms with van der Waals surface area (Å²) in [5.41, 5.74) is 4.30. The van der Waals surface area contributed by atoms with Crippen LogP contribution in [-0.2, 0) is 7.05 Å². The SMILES string of the molecule is Cn1c(N)cc(=O)[nH]c1=O. The number of nitrogen functional groups attached to an aromatic ring is 1. The van der Waals surface area contributed by atoms with Crippen LogP contribution < -0.4 is 17.0 Å². The van der Waals surface area contributed by atoms with E-state index in [9.17, 15) is 9.59 Å². The van der Waals surface area contributed by atoms with Gasteiger partial charge in [0.2, 0.25) is 0 Å². The summed E-state index contributed by atoms with van der Waals surface area (Å²) in [6.45, 7) is 0. The summed E-state index contributed by atoms with van der Waals surface area (Å²) in [5.74, 6) is 0.161. The molecule has 0 aliphatic carbocycles. The number of anilines is 1. The summed E-state index contributed by atoms with van der Waals surface area (Å²) in [7, 11) is 1.48. The van der Waals surface area contributed by atoms with Crippen LogP contribution in [0.4, 0.5) is 5.82 Å². The maximum atomic E-state index is 10.7. The van der Waals surface area contributed by atoms with Crippen LogP contribution in [0.1, 0.15) is 0 Å². The standard InChI is InChI=1S/C5H7N3O2/c1-8-3(6)2-4(9)7-5(8)10/h2H,6H2,1H3,(H,7,9,10). The summed E-state index contributed by atoms with van der Waals surface area (Å²) in [6.07, 6.45) is 0. The molecule has 0 saturated carbocycles. The Morgan fingerprint density at radius 3 is 2.70 bits per heavy atom. The van der Waals surface area contributed by atoms with Crippen LogP contribution >= 0.6 is 0 Å². The van der Waals surface area contributed by atoms with E-state index in [4.69, 9.17) is 5.73 Å². The van der Waals surface area contributed by atoms with Gasteiger partial charge in [-0.05, 0) is 0 Å². The fourth-order valence-electron chi connectivity index (χ4n) is 0.574. The molecule has 0 fully saturated rings. The zero-order chi connectivity index (χ0) is 7.72. The van der Waals surface area contributed by atoms with E-state index >= 15 is 0 Å². The van der Waals surface area contributed by atoms with Crippen LogP contribution in [0.3, 0.4) is 0 Å². The van der Waals surface area contributed by atoms with Gasteiger partial charge in [0.1, 0.15) is 5.82 Å². The number of H-pyrrole nitrogens is 1. The minimum absolute atomic E-state index is 0.161. The molecule has 10 heavy (non-hydrogen) atoms. The Balaban J connectivity index is 3.62. The third-order valence-corrected chi connectivity index (χ3v) is 1.20. The number of nitrogens with zero attached hydrogens (tertiary/aromatic N) is 1. The number of aromatic amines is 1. The molecule has 54 valence electrons. The first-order valence-corrected chi connectivity index (χ1v) is 2.67. The molecule has 0 spiro atoms. The zero-order valence-corrected chi connectivity index (χ0v) is 5.42. The molecule has 0 aliphatic rings. The Bertz CT molecular complexity index is 349. The Labute approximate surface area is 56.1 Å². The highest BCUT2D eigenvalue weighted by Crippen LogP contribution is 1.85. The molecule has 1 heterocycles. The van der Waals surface area contributed by atoms with Crippen molar-refractivity contribution in [2.24, 2.45) is 7.05 Å². The second kappa shape index (κ2) is 2.02. The van der Waals surface area contributed by atoms with Crippen LogP contribution in [0.25, 0.3) is 0 Å². The van der Waals surface area contributed by atoms with Crippen molar-refractivity contribution in [1.29, 1.82) is 0 Å². The van der Waals surface area contributed by atoms with Crippen LogP contribution in [0.2, 0.25) is 0 Å². The number of rotatable bonds is 0. The number of nitrogens with one attached hydrogen (secondary N) is 1. The molecule has 3 N–H and O–H groups in total. The topological polar surface area (TPSA) is 80.9 Å². The van der Waals surface area contributed by atoms with Crippen LogP contribution in [0.15, 0.2) is 15.7 Å². The average molecular weight is 141 g/mol. The molecule has 1 aromatic heterocycles. The van der Waals surface area contributed by atoms with Crippen molar-refractivity contribution in [2.45, 2.75) is 0 Å². The number of hydrogen-bond donors (Lipinski definition) is 2. The molecule has 0 aromatic carbocycles. The number of hydrogen-bond acceptors (Lipinski definition) is 3. The number of nitrogens with two attached hydrogens (primary N) is 1. The highest BCUT2D eigenvalue weighted by Gasteiger charge is 1.94. The molecule has 5 nitrogen and oxygen atoms in total. The van der Waals surface area contributed by atoms with E-state index in [1.165, 1.54) is 7.05 Å². The quantitative estimate of drug-likeness (QED) is 0.469. The molecule has 0 amide bonds. The Hall–Kier alpha value is -1.52. The first kappa shape index (κ1) is 6.60. The molecule has 1 aromatic rings. The third-order valence-electron chi connectivity index (χ3n) is 1.20. The van der Waals surface area contributed by atoms with Crippen LogP contribution in [0.5, 0.6) is 0 Å². The molecule has 0 saturated heterocycles. The first-order chi connectivity index (χ1) is 4.61. The van der Waals surface area contributed by atoms with E-state index in [2.05, 4.69) is 4.98 Å². The van der Waals surface area contributed by atoms with Crippen molar-refractivity contribution in [3.05, 3.63) is 26.9 Å². The Kier molecular flexibility index (Phi) is 1.33. The van der Waals surface area contributed by atoms with Gasteiger partial charge in [0, 0.05) is 13.1 Å². The van der Waals surface area contributed by atoms with E-state index < -0.39 is 11.2 Å². The fourth-order valence-corrected chi connectivity index (χ4v) is 0.574. The van der Waals surface area contributed by atoms with E-state index in [1.54, 1.807) is 0 Å². The predicted molar refractivity (Wildman–Crippen MR) is 36.7 cm³/mol. The normalized spacial score (nSPS) is 9.70. The highest BCUT2D eigenvalue weighted by molar-refractivity contribution is 5.25. The van der Waals surface area contributed by atoms with Crippen LogP contribution in [-0.4, -0.2) is 9.55 Å². The van der Waals surface area contributed by atoms with Crippen molar-refractivity contribution in [1.82, 2.24) is 9.55 Å². The van der Waals surface area contributed by atoms with E-state index in [0.717, 1.165) is 10.6 Å². The Morgan fingerprint density at radius 2 is 2.20 bits per heavy atom. The van der Waals surface area contributed by atoms with Gasteiger partial charge in [-0.3, -0.25) is 14.3 Å². The minimum atomic E-state index is -0.495. The van der Waals surface area contributed by atoms with Gasteiger partial charge < -0.3 is 5.73 Å². The molecule has 0 atom stereocenters. The molecule has 5 heteroatoms. The van der Waals surface area contributed by atoms with Crippen molar-refractivity contribution in [3.8, 4) is 0 Å². The first-order valence-electron chi connectivity index (χ1n) is 2.67. The summed E-state index contributed by atoms with van der Waals surface area (Å²) in [6, 6.07) is 1.15. The van der Waals surface area contributed by atoms with E-state index in [1.807, 2.05) is 0 Å². The van der Waals surface area contributed by atoms with Gasteiger partial charge >= 0.3 is 5.69 Å². The molecule has 0 aliphatic heterocycles. The van der Waals surface area contributed by atoms with Gasteiger partial charge in [-0.25, -0.2) is 4.79 Å². The van der Waals surface area contributed by atoms with Crippen molar-refractivity contribution in [3.63, 3.8) is 0 Å². The maximum absolute atomic E-state index is 10.7. The minimum Gasteiger partial charge on any atom is -0.385 e. The van der Waals surface area contributed by atoms with Gasteiger partial charge in [0.15, 0.2) is 0 Å². The monoisotopic (exact) mass is 141 g/mol. The molecular formula is C5H7N3O2. The lowest BCUT2D eigenvalue weighted by Gasteiger charge is -1.97. The predicted octanol–water partition coefficient (Wildman–Crippen LogP) is -1.34. The maximum Gasteiger partial charge on any atom is 0.329 e. The van der Waals surface area contributed by atoms with Crippen molar-refractivity contribution >= 4 is 5.82 Å². The second-order valence-corrected chi connectivity index (χ2v) is 1.92. The average Bonchev–Trinajstić information content (AvgIpc) is 1.82. The van der Waals surface area contributed by atoms with E-state index in [0.29, 0.717) is 0 Å². The Morgan fingerprint density at radius 1 is 1.60 bits per heavy atom. The second-order valence-electron chi connectivity index (χ2n) is 1.92. The smallest absolute Gasteiger partial charge is 0.329 e. The highest BCUT2D eigenvalue weighted by atomic mass is 16.2. The van der Waals surface area contributed by atoms with Gasteiger partial charge in [-0.2, -0.15) is 0 Å². The lowest BCUT2D eigenvalue weighted by atomic mass is 10.6. The third kappa shape index (κ3) is 0.928. The summed E-state index contributed by atoms with van der Waals surface area (Å²) < 4.78 is 1.15. The summed E-state index contributed by atoms with van der Waals surface area (Å²) in [4.78, 5) is 23.3. The van der Waals surface area contributed by atoms with Gasteiger partial charge in [0.25, 0.3) is 5.56 Å². The lowest BCUT2D eigenvalue weighted by Crippen LogP contribution is -2.29. The molecule has 0 unspecified atom stereocenters. The van der Waals surface area contributed by atoms with Gasteiger partial charge in [-0.1, -0.05) is 0 Å². The van der Waals surface area contributed by atoms with Crippen LogP contribution in [0, 0.1) is 0 Å². The molecular weight excluding hydrogens is 134 g/mol. The van der Waals surface area contributed by atoms with Crippen molar-refractivity contribution < 1.29 is 0 Å². The van der Waals surface area contributed by atoms with Crippen molar-refractivity contribution in [2.75, 3.05) is 5.73 Å². The summed E-state index contributed by atoms with van der Waals surface area (Å²) >= 11 is 0.